The molecular formula is C14H15NO2. The molecule has 0 aromatic heterocycles. The predicted octanol–water partition coefficient (Wildman–Crippen LogP) is 2.30. The second kappa shape index (κ2) is 5.01. The first-order chi connectivity index (χ1) is 8.24. The minimum Gasteiger partial charge on any atom is -0.469 e. The van der Waals surface area contributed by atoms with Crippen molar-refractivity contribution in [2.24, 2.45) is 11.8 Å². The fraction of sp³-hybridized carbons (Fsp3) is 0.429. The highest BCUT2D eigenvalue weighted by Crippen LogP contribution is 2.42. The third-order valence-corrected chi connectivity index (χ3v) is 3.31. The highest BCUT2D eigenvalue weighted by molar-refractivity contribution is 5.75. The van der Waals surface area contributed by atoms with E-state index >= 15 is 0 Å². The lowest BCUT2D eigenvalue weighted by molar-refractivity contribution is -0.142. The van der Waals surface area contributed by atoms with Crippen molar-refractivity contribution < 1.29 is 9.53 Å². The number of methoxy groups -OCH3 is 1. The number of esters is 1. The fourth-order valence-corrected chi connectivity index (χ4v) is 2.10. The Balaban J connectivity index is 1.80. The molecule has 3 heteroatoms. The highest BCUT2D eigenvalue weighted by Gasteiger charge is 2.43. The van der Waals surface area contributed by atoms with E-state index in [1.807, 2.05) is 24.3 Å². The molecule has 0 heterocycles. The Labute approximate surface area is 101 Å². The second-order valence-corrected chi connectivity index (χ2v) is 4.47. The van der Waals surface area contributed by atoms with E-state index in [1.54, 1.807) is 0 Å². The summed E-state index contributed by atoms with van der Waals surface area (Å²) in [6.45, 7) is 0. The van der Waals surface area contributed by atoms with Gasteiger partial charge in [0.05, 0.1) is 24.7 Å². The van der Waals surface area contributed by atoms with Gasteiger partial charge < -0.3 is 4.74 Å². The van der Waals surface area contributed by atoms with Gasteiger partial charge in [-0.25, -0.2) is 0 Å². The van der Waals surface area contributed by atoms with E-state index in [1.165, 1.54) is 12.7 Å². The summed E-state index contributed by atoms with van der Waals surface area (Å²) < 4.78 is 4.71. The molecule has 2 unspecified atom stereocenters. The number of hydrogen-bond acceptors (Lipinski definition) is 3. The van der Waals surface area contributed by atoms with Crippen molar-refractivity contribution in [1.29, 1.82) is 5.26 Å². The van der Waals surface area contributed by atoms with Gasteiger partial charge in [0, 0.05) is 0 Å². The van der Waals surface area contributed by atoms with Gasteiger partial charge >= 0.3 is 5.97 Å². The van der Waals surface area contributed by atoms with Crippen LogP contribution in [0.3, 0.4) is 0 Å². The smallest absolute Gasteiger partial charge is 0.308 e. The Bertz CT molecular complexity index is 444. The lowest BCUT2D eigenvalue weighted by Crippen LogP contribution is -2.04. The van der Waals surface area contributed by atoms with E-state index in [4.69, 9.17) is 10.00 Å². The molecule has 0 amide bonds. The first-order valence-electron chi connectivity index (χ1n) is 5.81. The van der Waals surface area contributed by atoms with Crippen LogP contribution in [0, 0.1) is 23.2 Å². The molecule has 0 radical (unpaired) electrons. The number of rotatable bonds is 4. The second-order valence-electron chi connectivity index (χ2n) is 4.47. The van der Waals surface area contributed by atoms with Crippen molar-refractivity contribution >= 4 is 5.97 Å². The normalized spacial score (nSPS) is 21.6. The highest BCUT2D eigenvalue weighted by atomic mass is 16.5. The largest absolute Gasteiger partial charge is 0.469 e. The number of carbonyl (C=O) groups is 1. The number of nitriles is 1. The van der Waals surface area contributed by atoms with Gasteiger partial charge in [-0.05, 0) is 42.9 Å². The van der Waals surface area contributed by atoms with Gasteiger partial charge in [0.15, 0.2) is 0 Å². The minimum absolute atomic E-state index is 0.0742. The summed E-state index contributed by atoms with van der Waals surface area (Å²) in [5.41, 5.74) is 1.91. The SMILES string of the molecule is COC(=O)C1CC1CCc1ccc(C#N)cc1. The van der Waals surface area contributed by atoms with Crippen LogP contribution in [0.4, 0.5) is 0 Å². The monoisotopic (exact) mass is 229 g/mol. The van der Waals surface area contributed by atoms with Gasteiger partial charge in [0.2, 0.25) is 0 Å². The van der Waals surface area contributed by atoms with Crippen LogP contribution in [0.5, 0.6) is 0 Å². The molecule has 0 N–H and O–H groups in total. The first-order valence-corrected chi connectivity index (χ1v) is 5.81. The zero-order chi connectivity index (χ0) is 12.3. The number of benzene rings is 1. The molecule has 1 fully saturated rings. The number of hydrogen-bond donors (Lipinski definition) is 0. The Morgan fingerprint density at radius 1 is 1.47 bits per heavy atom. The molecule has 2 rings (SSSR count). The summed E-state index contributed by atoms with van der Waals surface area (Å²) in [6, 6.07) is 9.73. The van der Waals surface area contributed by atoms with E-state index in [0.717, 1.165) is 19.3 Å². The predicted molar refractivity (Wildman–Crippen MR) is 63.1 cm³/mol. The quantitative estimate of drug-likeness (QED) is 0.744. The Morgan fingerprint density at radius 2 is 2.18 bits per heavy atom. The van der Waals surface area contributed by atoms with Crippen LogP contribution in [0.25, 0.3) is 0 Å². The summed E-state index contributed by atoms with van der Waals surface area (Å²) >= 11 is 0. The van der Waals surface area contributed by atoms with Crippen molar-refractivity contribution in [3.05, 3.63) is 35.4 Å². The average molecular weight is 229 g/mol. The van der Waals surface area contributed by atoms with Crippen molar-refractivity contribution in [2.45, 2.75) is 19.3 Å². The van der Waals surface area contributed by atoms with Crippen LogP contribution in [0.1, 0.15) is 24.0 Å². The minimum atomic E-state index is -0.0742. The Morgan fingerprint density at radius 3 is 2.76 bits per heavy atom. The van der Waals surface area contributed by atoms with Gasteiger partial charge in [-0.1, -0.05) is 12.1 Å². The summed E-state index contributed by atoms with van der Waals surface area (Å²) in [4.78, 5) is 11.2. The van der Waals surface area contributed by atoms with Crippen LogP contribution in [0.15, 0.2) is 24.3 Å². The van der Waals surface area contributed by atoms with E-state index in [-0.39, 0.29) is 11.9 Å². The molecular weight excluding hydrogens is 214 g/mol. The Kier molecular flexibility index (Phi) is 3.43. The van der Waals surface area contributed by atoms with Gasteiger partial charge in [0.25, 0.3) is 0 Å². The number of nitrogens with zero attached hydrogens (tertiary/aromatic N) is 1. The Hall–Kier alpha value is -1.82. The van der Waals surface area contributed by atoms with Gasteiger partial charge in [-0.2, -0.15) is 5.26 Å². The molecule has 0 spiro atoms. The molecule has 88 valence electrons. The maximum atomic E-state index is 11.2. The van der Waals surface area contributed by atoms with Crippen LogP contribution < -0.4 is 0 Å². The van der Waals surface area contributed by atoms with Crippen molar-refractivity contribution in [3.63, 3.8) is 0 Å². The van der Waals surface area contributed by atoms with Gasteiger partial charge in [0.1, 0.15) is 0 Å². The molecule has 1 aromatic carbocycles. The molecule has 0 saturated heterocycles. The number of aryl methyl sites for hydroxylation is 1. The molecule has 1 aliphatic rings. The lowest BCUT2D eigenvalue weighted by atomic mass is 10.1. The summed E-state index contributed by atoms with van der Waals surface area (Å²) in [5, 5.41) is 8.68. The van der Waals surface area contributed by atoms with E-state index in [0.29, 0.717) is 11.5 Å². The molecule has 3 nitrogen and oxygen atoms in total. The summed E-state index contributed by atoms with van der Waals surface area (Å²) in [7, 11) is 1.44. The van der Waals surface area contributed by atoms with Crippen molar-refractivity contribution in [1.82, 2.24) is 0 Å². The maximum Gasteiger partial charge on any atom is 0.308 e. The van der Waals surface area contributed by atoms with Crippen LogP contribution in [-0.4, -0.2) is 13.1 Å². The van der Waals surface area contributed by atoms with E-state index in [2.05, 4.69) is 6.07 Å². The number of carbonyl (C=O) groups excluding carboxylic acids is 1. The van der Waals surface area contributed by atoms with Crippen LogP contribution in [-0.2, 0) is 16.0 Å². The third kappa shape index (κ3) is 2.85. The zero-order valence-corrected chi connectivity index (χ0v) is 9.85. The van der Waals surface area contributed by atoms with Crippen LogP contribution >= 0.6 is 0 Å². The van der Waals surface area contributed by atoms with Gasteiger partial charge in [-0.15, -0.1) is 0 Å². The maximum absolute atomic E-state index is 11.2. The summed E-state index contributed by atoms with van der Waals surface area (Å²) in [6.07, 6.45) is 2.94. The molecule has 0 aliphatic heterocycles. The average Bonchev–Trinajstić information content (AvgIpc) is 3.15. The zero-order valence-electron chi connectivity index (χ0n) is 9.85. The van der Waals surface area contributed by atoms with E-state index in [9.17, 15) is 4.79 Å². The molecule has 17 heavy (non-hydrogen) atoms. The van der Waals surface area contributed by atoms with Crippen LogP contribution in [0.2, 0.25) is 0 Å². The van der Waals surface area contributed by atoms with E-state index < -0.39 is 0 Å². The first kappa shape index (κ1) is 11.7. The van der Waals surface area contributed by atoms with Crippen molar-refractivity contribution in [2.75, 3.05) is 7.11 Å². The number of ether oxygens (including phenoxy) is 1. The topological polar surface area (TPSA) is 50.1 Å². The molecule has 0 bridgehead atoms. The fourth-order valence-electron chi connectivity index (χ4n) is 2.10. The molecule has 1 aliphatic carbocycles. The standard InChI is InChI=1S/C14H15NO2/c1-17-14(16)13-8-12(13)7-6-10-2-4-11(9-15)5-3-10/h2-5,12-13H,6-8H2,1H3. The third-order valence-electron chi connectivity index (χ3n) is 3.31. The molecule has 2 atom stereocenters. The van der Waals surface area contributed by atoms with Crippen molar-refractivity contribution in [3.8, 4) is 6.07 Å². The van der Waals surface area contributed by atoms with Gasteiger partial charge in [-0.3, -0.25) is 4.79 Å². The lowest BCUT2D eigenvalue weighted by Gasteiger charge is -2.01. The molecule has 1 aromatic rings. The molecule has 1 saturated carbocycles. The summed E-state index contributed by atoms with van der Waals surface area (Å²) in [5.74, 6) is 0.534.